The first kappa shape index (κ1) is 25.0. The Labute approximate surface area is 218 Å². The molecule has 0 saturated carbocycles. The van der Waals surface area contributed by atoms with Gasteiger partial charge in [-0.25, -0.2) is 24.9 Å². The highest BCUT2D eigenvalue weighted by Crippen LogP contribution is 2.33. The van der Waals surface area contributed by atoms with E-state index in [2.05, 4.69) is 30.2 Å². The lowest BCUT2D eigenvalue weighted by molar-refractivity contribution is -0.138. The second-order valence-electron chi connectivity index (χ2n) is 8.29. The highest BCUT2D eigenvalue weighted by Gasteiger charge is 2.32. The van der Waals surface area contributed by atoms with Gasteiger partial charge in [-0.05, 0) is 26.0 Å². The number of aromatic nitrogens is 5. The monoisotopic (exact) mass is 546 g/mol. The minimum atomic E-state index is -4.48. The number of pyridine rings is 1. The van der Waals surface area contributed by atoms with Crippen LogP contribution >= 0.6 is 22.7 Å². The van der Waals surface area contributed by atoms with Gasteiger partial charge < -0.3 is 15.1 Å². The van der Waals surface area contributed by atoms with E-state index in [-0.39, 0.29) is 11.9 Å². The summed E-state index contributed by atoms with van der Waals surface area (Å²) in [6.07, 6.45) is -1.42. The molecule has 1 saturated heterocycles. The molecule has 0 bridgehead atoms. The summed E-state index contributed by atoms with van der Waals surface area (Å²) >= 11 is 3.06. The highest BCUT2D eigenvalue weighted by atomic mass is 32.1. The molecular weight excluding hydrogens is 525 g/mol. The normalized spacial score (nSPS) is 14.2. The number of hydrogen-bond acceptors (Lipinski definition) is 10. The van der Waals surface area contributed by atoms with E-state index in [0.29, 0.717) is 42.7 Å². The topological polar surface area (TPSA) is 100 Å². The van der Waals surface area contributed by atoms with Gasteiger partial charge in [0, 0.05) is 50.1 Å². The van der Waals surface area contributed by atoms with Gasteiger partial charge in [0.05, 0.1) is 32.4 Å². The molecule has 192 valence electrons. The number of halogens is 3. The zero-order valence-electron chi connectivity index (χ0n) is 19.8. The molecule has 0 radical (unpaired) electrons. The Kier molecular flexibility index (Phi) is 6.77. The number of carbonyl (C=O) groups is 1. The number of alkyl halides is 3. The first-order valence-electron chi connectivity index (χ1n) is 11.2. The summed E-state index contributed by atoms with van der Waals surface area (Å²) in [6.45, 7) is 5.53. The average molecular weight is 547 g/mol. The number of nitrogens with zero attached hydrogens (tertiary/aromatic N) is 7. The van der Waals surface area contributed by atoms with Crippen LogP contribution in [-0.2, 0) is 6.18 Å². The average Bonchev–Trinajstić information content (AvgIpc) is 3.48. The van der Waals surface area contributed by atoms with Crippen LogP contribution in [0.1, 0.15) is 26.6 Å². The molecule has 0 aliphatic carbocycles. The summed E-state index contributed by atoms with van der Waals surface area (Å²) in [7, 11) is 0. The van der Waals surface area contributed by atoms with Crippen molar-refractivity contribution in [3.05, 3.63) is 57.9 Å². The van der Waals surface area contributed by atoms with Crippen molar-refractivity contribution in [2.75, 3.05) is 36.4 Å². The summed E-state index contributed by atoms with van der Waals surface area (Å²) in [5, 5.41) is 6.82. The molecule has 0 aromatic carbocycles. The third kappa shape index (κ3) is 5.54. The lowest BCUT2D eigenvalue weighted by Crippen LogP contribution is -2.49. The molecule has 5 rings (SSSR count). The van der Waals surface area contributed by atoms with Crippen molar-refractivity contribution in [2.24, 2.45) is 0 Å². The van der Waals surface area contributed by atoms with Crippen molar-refractivity contribution in [3.8, 4) is 10.6 Å². The first-order valence-corrected chi connectivity index (χ1v) is 12.9. The Morgan fingerprint density at radius 3 is 2.32 bits per heavy atom. The second kappa shape index (κ2) is 10.0. The Balaban J connectivity index is 1.17. The third-order valence-corrected chi connectivity index (χ3v) is 7.55. The number of carbonyl (C=O) groups excluding carboxylic acids is 1. The van der Waals surface area contributed by atoms with Gasteiger partial charge in [-0.2, -0.15) is 13.2 Å². The molecule has 1 aliphatic rings. The van der Waals surface area contributed by atoms with Crippen LogP contribution in [0.5, 0.6) is 0 Å². The summed E-state index contributed by atoms with van der Waals surface area (Å²) in [5.74, 6) is 0.613. The van der Waals surface area contributed by atoms with E-state index >= 15 is 0 Å². The maximum absolute atomic E-state index is 12.9. The van der Waals surface area contributed by atoms with Gasteiger partial charge in [0.1, 0.15) is 5.82 Å². The third-order valence-electron chi connectivity index (χ3n) is 5.70. The number of piperazine rings is 1. The van der Waals surface area contributed by atoms with Crippen LogP contribution in [0, 0.1) is 13.8 Å². The summed E-state index contributed by atoms with van der Waals surface area (Å²) in [5.41, 5.74) is 1.37. The first-order chi connectivity index (χ1) is 17.7. The standard InChI is InChI=1S/C23H21F3N8OS2/c1-13-19(37-14(2)30-13)17-12-36-22(31-17)32-18-4-3-15(9-27-18)20(35)33-5-7-34(8-6-33)21-28-10-16(11-29-21)23(24,25)26/h3-4,9-12H,5-8H2,1-2H3,(H,27,31,32). The molecule has 9 nitrogen and oxygen atoms in total. The van der Waals surface area contributed by atoms with Gasteiger partial charge in [0.25, 0.3) is 5.91 Å². The lowest BCUT2D eigenvalue weighted by Gasteiger charge is -2.34. The van der Waals surface area contributed by atoms with Crippen LogP contribution < -0.4 is 10.2 Å². The van der Waals surface area contributed by atoms with E-state index in [1.807, 2.05) is 19.2 Å². The smallest absolute Gasteiger partial charge is 0.337 e. The molecule has 1 aliphatic heterocycles. The molecule has 1 N–H and O–H groups in total. The van der Waals surface area contributed by atoms with Crippen molar-refractivity contribution < 1.29 is 18.0 Å². The molecule has 4 aromatic rings. The molecule has 5 heterocycles. The molecular formula is C23H21F3N8OS2. The zero-order chi connectivity index (χ0) is 26.2. The van der Waals surface area contributed by atoms with Crippen LogP contribution in [0.15, 0.2) is 36.1 Å². The van der Waals surface area contributed by atoms with Gasteiger partial charge >= 0.3 is 6.18 Å². The molecule has 14 heteroatoms. The van der Waals surface area contributed by atoms with E-state index in [1.165, 1.54) is 17.5 Å². The predicted molar refractivity (Wildman–Crippen MR) is 135 cm³/mol. The number of aryl methyl sites for hydroxylation is 2. The van der Waals surface area contributed by atoms with Crippen LogP contribution in [0.3, 0.4) is 0 Å². The maximum atomic E-state index is 12.9. The number of rotatable bonds is 5. The van der Waals surface area contributed by atoms with Gasteiger partial charge in [-0.1, -0.05) is 0 Å². The summed E-state index contributed by atoms with van der Waals surface area (Å²) in [6, 6.07) is 3.43. The molecule has 0 spiro atoms. The minimum Gasteiger partial charge on any atom is -0.337 e. The molecule has 0 atom stereocenters. The van der Waals surface area contributed by atoms with E-state index < -0.39 is 11.7 Å². The van der Waals surface area contributed by atoms with Gasteiger partial charge in [-0.15, -0.1) is 22.7 Å². The number of nitrogens with one attached hydrogen (secondary N) is 1. The number of thiazole rings is 2. The van der Waals surface area contributed by atoms with Gasteiger partial charge in [0.2, 0.25) is 5.95 Å². The van der Waals surface area contributed by atoms with Crippen LogP contribution in [0.25, 0.3) is 10.6 Å². The van der Waals surface area contributed by atoms with Crippen molar-refractivity contribution in [3.63, 3.8) is 0 Å². The van der Waals surface area contributed by atoms with Crippen LogP contribution in [-0.4, -0.2) is 61.9 Å². The fourth-order valence-electron chi connectivity index (χ4n) is 3.83. The van der Waals surface area contributed by atoms with Gasteiger partial charge in [-0.3, -0.25) is 4.79 Å². The summed E-state index contributed by atoms with van der Waals surface area (Å²) < 4.78 is 38.2. The lowest BCUT2D eigenvalue weighted by atomic mass is 10.2. The maximum Gasteiger partial charge on any atom is 0.419 e. The molecule has 0 unspecified atom stereocenters. The van der Waals surface area contributed by atoms with Crippen molar-refractivity contribution in [1.29, 1.82) is 0 Å². The molecule has 1 fully saturated rings. The Bertz CT molecular complexity index is 1390. The summed E-state index contributed by atoms with van der Waals surface area (Å²) in [4.78, 5) is 38.5. The van der Waals surface area contributed by atoms with E-state index in [9.17, 15) is 18.0 Å². The number of amides is 1. The van der Waals surface area contributed by atoms with Crippen molar-refractivity contribution >= 4 is 45.5 Å². The predicted octanol–water partition coefficient (Wildman–Crippen LogP) is 4.79. The Morgan fingerprint density at radius 2 is 1.73 bits per heavy atom. The number of anilines is 3. The fraction of sp³-hybridized carbons (Fsp3) is 0.304. The Hall–Kier alpha value is -3.65. The Morgan fingerprint density at radius 1 is 1.00 bits per heavy atom. The van der Waals surface area contributed by atoms with Crippen LogP contribution in [0.2, 0.25) is 0 Å². The fourth-order valence-corrected chi connectivity index (χ4v) is 5.49. The van der Waals surface area contributed by atoms with Gasteiger partial charge in [0.15, 0.2) is 5.13 Å². The number of hydrogen-bond donors (Lipinski definition) is 1. The molecule has 1 amide bonds. The van der Waals surface area contributed by atoms with Crippen LogP contribution in [0.4, 0.5) is 30.1 Å². The second-order valence-corrected chi connectivity index (χ2v) is 10.4. The van der Waals surface area contributed by atoms with E-state index in [0.717, 1.165) is 33.7 Å². The highest BCUT2D eigenvalue weighted by molar-refractivity contribution is 7.16. The molecule has 4 aromatic heterocycles. The van der Waals surface area contributed by atoms with E-state index in [1.54, 1.807) is 33.3 Å². The van der Waals surface area contributed by atoms with Crippen molar-refractivity contribution in [1.82, 2.24) is 29.8 Å². The van der Waals surface area contributed by atoms with E-state index in [4.69, 9.17) is 0 Å². The quantitative estimate of drug-likeness (QED) is 0.381. The molecule has 37 heavy (non-hydrogen) atoms. The van der Waals surface area contributed by atoms with Crippen molar-refractivity contribution in [2.45, 2.75) is 20.0 Å². The zero-order valence-corrected chi connectivity index (χ0v) is 21.4. The largest absolute Gasteiger partial charge is 0.419 e. The minimum absolute atomic E-state index is 0.167. The SMILES string of the molecule is Cc1nc(C)c(-c2csc(Nc3ccc(C(=O)N4CCN(c5ncc(C(F)(F)F)cn5)CC4)cn3)n2)s1.